The third kappa shape index (κ3) is 5.59. The number of urea groups is 1. The molecular weight excluding hydrogens is 409 g/mol. The predicted molar refractivity (Wildman–Crippen MR) is 101 cm³/mol. The van der Waals surface area contributed by atoms with E-state index in [0.717, 1.165) is 51.3 Å². The van der Waals surface area contributed by atoms with Gasteiger partial charge in [0.2, 0.25) is 0 Å². The van der Waals surface area contributed by atoms with Crippen molar-refractivity contribution in [2.45, 2.75) is 43.2 Å². The Kier molecular flexibility index (Phi) is 6.77. The number of imide groups is 1. The minimum absolute atomic E-state index is 0.0344. The topological polar surface area (TPSA) is 97.5 Å². The van der Waals surface area contributed by atoms with E-state index in [-0.39, 0.29) is 17.1 Å². The summed E-state index contributed by atoms with van der Waals surface area (Å²) in [5.74, 6) is -0.879. The zero-order valence-corrected chi connectivity index (χ0v) is 16.9. The number of nitrogens with zero attached hydrogens (tertiary/aromatic N) is 1. The number of likely N-dealkylation sites (N-methyl/N-ethyl adjacent to an activating group) is 1. The van der Waals surface area contributed by atoms with Crippen molar-refractivity contribution in [2.75, 3.05) is 13.3 Å². The first-order valence-corrected chi connectivity index (χ1v) is 10.9. The number of allylic oxidation sites excluding steroid dienone is 1. The van der Waals surface area contributed by atoms with Gasteiger partial charge in [-0.25, -0.2) is 13.2 Å². The lowest BCUT2D eigenvalue weighted by atomic mass is 9.86. The molecule has 0 radical (unpaired) electrons. The predicted octanol–water partition coefficient (Wildman–Crippen LogP) is 3.61. The van der Waals surface area contributed by atoms with Crippen LogP contribution < -0.4 is 5.73 Å². The number of nitrogens with two attached hydrogens (primary N) is 1. The van der Waals surface area contributed by atoms with Crippen molar-refractivity contribution < 1.29 is 31.2 Å². The van der Waals surface area contributed by atoms with Gasteiger partial charge in [-0.3, -0.25) is 9.69 Å². The first-order valence-electron chi connectivity index (χ1n) is 9.03. The number of alkyl halides is 3. The molecule has 2 rings (SSSR count). The molecule has 0 bridgehead atoms. The number of carbonyl (C=O) groups is 2. The van der Waals surface area contributed by atoms with Crippen molar-refractivity contribution in [3.05, 3.63) is 35.4 Å². The molecule has 10 heteroatoms. The second-order valence-corrected chi connectivity index (χ2v) is 9.15. The SMILES string of the molecule is CN(C(N)=O)C(=O)/C(=C/C1CCCCC1)c1ccc(S(C)(=O)=O)c(C(F)(F)F)c1. The Balaban J connectivity index is 2.65. The van der Waals surface area contributed by atoms with Crippen LogP contribution in [0.3, 0.4) is 0 Å². The number of rotatable bonds is 4. The lowest BCUT2D eigenvalue weighted by molar-refractivity contribution is -0.140. The summed E-state index contributed by atoms with van der Waals surface area (Å²) in [6.45, 7) is 0. The van der Waals surface area contributed by atoms with Crippen LogP contribution in [0.1, 0.15) is 43.2 Å². The molecule has 2 N–H and O–H groups in total. The van der Waals surface area contributed by atoms with E-state index in [0.29, 0.717) is 17.2 Å². The molecule has 0 aromatic heterocycles. The molecule has 6 nitrogen and oxygen atoms in total. The van der Waals surface area contributed by atoms with Gasteiger partial charge >= 0.3 is 12.2 Å². The largest absolute Gasteiger partial charge is 0.417 e. The second-order valence-electron chi connectivity index (χ2n) is 7.16. The maximum absolute atomic E-state index is 13.5. The fourth-order valence-electron chi connectivity index (χ4n) is 3.35. The number of benzene rings is 1. The third-order valence-electron chi connectivity index (χ3n) is 4.91. The Labute approximate surface area is 167 Å². The van der Waals surface area contributed by atoms with Crippen molar-refractivity contribution in [3.63, 3.8) is 0 Å². The molecule has 0 saturated heterocycles. The Morgan fingerprint density at radius 3 is 2.24 bits per heavy atom. The summed E-state index contributed by atoms with van der Waals surface area (Å²) in [5, 5.41) is 0. The summed E-state index contributed by atoms with van der Waals surface area (Å²) in [7, 11) is -3.01. The molecule has 0 heterocycles. The standard InChI is InChI=1S/C19H23F3N2O4S/c1-24(18(23)26)17(25)14(10-12-6-4-3-5-7-12)13-8-9-16(29(2,27)28)15(11-13)19(20,21)22/h8-12H,3-7H2,1-2H3,(H2,23,26)/b14-10+. The Hall–Kier alpha value is -2.36. The van der Waals surface area contributed by atoms with Crippen LogP contribution in [0.5, 0.6) is 0 Å². The molecular formula is C19H23F3N2O4S. The van der Waals surface area contributed by atoms with E-state index in [1.807, 2.05) is 0 Å². The van der Waals surface area contributed by atoms with Gasteiger partial charge in [0.05, 0.1) is 10.5 Å². The minimum atomic E-state index is -4.94. The Morgan fingerprint density at radius 2 is 1.76 bits per heavy atom. The van der Waals surface area contributed by atoms with E-state index in [9.17, 15) is 31.2 Å². The minimum Gasteiger partial charge on any atom is -0.351 e. The number of carbonyl (C=O) groups excluding carboxylic acids is 2. The average molecular weight is 432 g/mol. The molecule has 3 amide bonds. The number of sulfone groups is 1. The van der Waals surface area contributed by atoms with Crippen molar-refractivity contribution in [1.82, 2.24) is 4.90 Å². The molecule has 1 aliphatic carbocycles. The first-order chi connectivity index (χ1) is 13.3. The van der Waals surface area contributed by atoms with Gasteiger partial charge < -0.3 is 5.73 Å². The molecule has 1 aromatic carbocycles. The normalized spacial score (nSPS) is 16.5. The van der Waals surface area contributed by atoms with E-state index in [2.05, 4.69) is 0 Å². The van der Waals surface area contributed by atoms with Crippen LogP contribution >= 0.6 is 0 Å². The van der Waals surface area contributed by atoms with Gasteiger partial charge in [0.15, 0.2) is 9.84 Å². The van der Waals surface area contributed by atoms with Crippen molar-refractivity contribution in [2.24, 2.45) is 11.7 Å². The molecule has 1 aromatic rings. The van der Waals surface area contributed by atoms with E-state index in [4.69, 9.17) is 5.73 Å². The molecule has 1 aliphatic rings. The molecule has 0 aliphatic heterocycles. The summed E-state index contributed by atoms with van der Waals surface area (Å²) in [6.07, 6.45) is 1.73. The summed E-state index contributed by atoms with van der Waals surface area (Å²) < 4.78 is 64.1. The molecule has 0 unspecified atom stereocenters. The Bertz CT molecular complexity index is 933. The van der Waals surface area contributed by atoms with Crippen molar-refractivity contribution >= 4 is 27.3 Å². The van der Waals surface area contributed by atoms with Gasteiger partial charge in [0.25, 0.3) is 5.91 Å². The van der Waals surface area contributed by atoms with Crippen LogP contribution in [0.4, 0.5) is 18.0 Å². The lowest BCUT2D eigenvalue weighted by Gasteiger charge is -2.22. The van der Waals surface area contributed by atoms with Crippen LogP contribution in [-0.2, 0) is 20.8 Å². The number of hydrogen-bond acceptors (Lipinski definition) is 4. The monoisotopic (exact) mass is 432 g/mol. The van der Waals surface area contributed by atoms with Gasteiger partial charge in [-0.15, -0.1) is 0 Å². The highest BCUT2D eigenvalue weighted by atomic mass is 32.2. The molecule has 1 saturated carbocycles. The number of halogens is 3. The Morgan fingerprint density at radius 1 is 1.17 bits per heavy atom. The number of primary amides is 1. The lowest BCUT2D eigenvalue weighted by Crippen LogP contribution is -2.38. The van der Waals surface area contributed by atoms with Crippen LogP contribution in [0.2, 0.25) is 0 Å². The third-order valence-corrected chi connectivity index (χ3v) is 6.07. The van der Waals surface area contributed by atoms with Crippen LogP contribution in [0.15, 0.2) is 29.2 Å². The van der Waals surface area contributed by atoms with Gasteiger partial charge in [0.1, 0.15) is 0 Å². The van der Waals surface area contributed by atoms with E-state index in [1.165, 1.54) is 0 Å². The summed E-state index contributed by atoms with van der Waals surface area (Å²) in [6, 6.07) is 1.57. The van der Waals surface area contributed by atoms with Gasteiger partial charge in [-0.2, -0.15) is 13.2 Å². The smallest absolute Gasteiger partial charge is 0.351 e. The highest BCUT2D eigenvalue weighted by Gasteiger charge is 2.37. The summed E-state index contributed by atoms with van der Waals surface area (Å²) in [5.41, 5.74) is 3.56. The van der Waals surface area contributed by atoms with E-state index >= 15 is 0 Å². The van der Waals surface area contributed by atoms with Gasteiger partial charge in [0, 0.05) is 18.9 Å². The van der Waals surface area contributed by atoms with E-state index < -0.39 is 38.4 Å². The maximum atomic E-state index is 13.5. The van der Waals surface area contributed by atoms with Gasteiger partial charge in [-0.1, -0.05) is 31.4 Å². The average Bonchev–Trinajstić information content (AvgIpc) is 2.63. The van der Waals surface area contributed by atoms with Crippen LogP contribution in [0, 0.1) is 5.92 Å². The number of hydrogen-bond donors (Lipinski definition) is 1. The fourth-order valence-corrected chi connectivity index (χ4v) is 4.24. The van der Waals surface area contributed by atoms with Gasteiger partial charge in [-0.05, 0) is 36.5 Å². The van der Waals surface area contributed by atoms with Crippen LogP contribution in [-0.4, -0.2) is 38.6 Å². The zero-order valence-electron chi connectivity index (χ0n) is 16.1. The highest BCUT2D eigenvalue weighted by molar-refractivity contribution is 7.90. The van der Waals surface area contributed by atoms with E-state index in [1.54, 1.807) is 6.08 Å². The number of amides is 3. The molecule has 0 atom stereocenters. The van der Waals surface area contributed by atoms with Crippen molar-refractivity contribution in [3.8, 4) is 0 Å². The maximum Gasteiger partial charge on any atom is 0.417 e. The van der Waals surface area contributed by atoms with Crippen LogP contribution in [0.25, 0.3) is 5.57 Å². The molecule has 1 fully saturated rings. The second kappa shape index (κ2) is 8.56. The molecule has 29 heavy (non-hydrogen) atoms. The summed E-state index contributed by atoms with van der Waals surface area (Å²) in [4.78, 5) is 23.9. The quantitative estimate of drug-likeness (QED) is 0.735. The first kappa shape index (κ1) is 22.9. The summed E-state index contributed by atoms with van der Waals surface area (Å²) >= 11 is 0. The van der Waals surface area contributed by atoms with Crippen molar-refractivity contribution in [1.29, 1.82) is 0 Å². The zero-order chi connectivity index (χ0) is 22.0. The molecule has 160 valence electrons. The fraction of sp³-hybridized carbons (Fsp3) is 0.474. The molecule has 0 spiro atoms. The highest BCUT2D eigenvalue weighted by Crippen LogP contribution is 2.37.